The van der Waals surface area contributed by atoms with E-state index in [0.717, 1.165) is 0 Å². The molecule has 0 rings (SSSR count). The normalized spacial score (nSPS) is 12.0. The van der Waals surface area contributed by atoms with Crippen LogP contribution in [0, 0.1) is 0 Å². The lowest BCUT2D eigenvalue weighted by Gasteiger charge is -2.19. The van der Waals surface area contributed by atoms with Crippen LogP contribution in [0.2, 0.25) is 0 Å². The Balaban J connectivity index is 4.03. The van der Waals surface area contributed by atoms with E-state index in [1.165, 1.54) is 11.9 Å². The third-order valence-electron chi connectivity index (χ3n) is 1.21. The van der Waals surface area contributed by atoms with E-state index in [0.29, 0.717) is 6.54 Å². The lowest BCUT2D eigenvalue weighted by atomic mass is 10.6. The Kier molecular flexibility index (Phi) is 5.27. The number of guanidine groups is 1. The number of hydrazine groups is 1. The minimum atomic E-state index is -2.38. The van der Waals surface area contributed by atoms with Gasteiger partial charge in [0.15, 0.2) is 0 Å². The third-order valence-corrected chi connectivity index (χ3v) is 1.21. The molecule has 3 N–H and O–H groups in total. The Bertz CT molecular complexity index is 148. The zero-order chi connectivity index (χ0) is 9.56. The predicted octanol–water partition coefficient (Wildman–Crippen LogP) is 0.0225. The first-order chi connectivity index (χ1) is 5.61. The van der Waals surface area contributed by atoms with Crippen LogP contribution >= 0.6 is 0 Å². The van der Waals surface area contributed by atoms with Gasteiger partial charge in [0.25, 0.3) is 6.43 Å². The molecule has 4 nitrogen and oxygen atoms in total. The molecule has 0 aliphatic rings. The molecule has 0 fully saturated rings. The minimum absolute atomic E-state index is 0.276. The first kappa shape index (κ1) is 11.1. The van der Waals surface area contributed by atoms with Crippen molar-refractivity contribution in [3.8, 4) is 0 Å². The molecular formula is C6H14F2N4. The fourth-order valence-electron chi connectivity index (χ4n) is 0.720. The van der Waals surface area contributed by atoms with Crippen LogP contribution in [0.25, 0.3) is 0 Å². The summed E-state index contributed by atoms with van der Waals surface area (Å²) in [5.74, 6) is 5.34. The van der Waals surface area contributed by atoms with Crippen LogP contribution in [-0.4, -0.2) is 37.4 Å². The molecular weight excluding hydrogens is 166 g/mol. The van der Waals surface area contributed by atoms with Crippen LogP contribution in [0.3, 0.4) is 0 Å². The smallest absolute Gasteiger partial charge is 0.255 e. The largest absolute Gasteiger partial charge is 0.339 e. The van der Waals surface area contributed by atoms with Gasteiger partial charge in [-0.3, -0.25) is 10.4 Å². The maximum absolute atomic E-state index is 11.9. The number of nitrogens with two attached hydrogens (primary N) is 1. The van der Waals surface area contributed by atoms with Gasteiger partial charge in [0.2, 0.25) is 5.96 Å². The Morgan fingerprint density at radius 2 is 2.25 bits per heavy atom. The van der Waals surface area contributed by atoms with Crippen LogP contribution in [0.4, 0.5) is 8.78 Å². The third kappa shape index (κ3) is 4.07. The van der Waals surface area contributed by atoms with E-state index in [9.17, 15) is 8.78 Å². The second-order valence-electron chi connectivity index (χ2n) is 2.21. The average Bonchev–Trinajstić information content (AvgIpc) is 1.98. The molecule has 0 amide bonds. The molecule has 0 atom stereocenters. The lowest BCUT2D eigenvalue weighted by Crippen LogP contribution is -2.44. The topological polar surface area (TPSA) is 53.6 Å². The molecule has 0 unspecified atom stereocenters. The monoisotopic (exact) mass is 180 g/mol. The van der Waals surface area contributed by atoms with E-state index >= 15 is 0 Å². The van der Waals surface area contributed by atoms with Crippen molar-refractivity contribution in [2.75, 3.05) is 20.1 Å². The number of hydrogen-bond acceptors (Lipinski definition) is 2. The van der Waals surface area contributed by atoms with Gasteiger partial charge < -0.3 is 4.90 Å². The molecule has 6 heteroatoms. The van der Waals surface area contributed by atoms with Gasteiger partial charge in [0.05, 0.1) is 6.54 Å². The summed E-state index contributed by atoms with van der Waals surface area (Å²) in [5, 5.41) is 0. The number of aliphatic imine (C=N–C) groups is 1. The summed E-state index contributed by atoms with van der Waals surface area (Å²) in [5.41, 5.74) is 2.25. The molecule has 0 aromatic heterocycles. The highest BCUT2D eigenvalue weighted by Crippen LogP contribution is 1.95. The van der Waals surface area contributed by atoms with E-state index in [1.807, 2.05) is 0 Å². The van der Waals surface area contributed by atoms with Crippen LogP contribution in [0.5, 0.6) is 0 Å². The molecule has 0 aromatic carbocycles. The van der Waals surface area contributed by atoms with Gasteiger partial charge in [-0.05, 0) is 6.92 Å². The van der Waals surface area contributed by atoms with Gasteiger partial charge in [-0.15, -0.1) is 0 Å². The summed E-state index contributed by atoms with van der Waals surface area (Å²) in [4.78, 5) is 5.14. The van der Waals surface area contributed by atoms with Gasteiger partial charge in [0, 0.05) is 13.6 Å². The van der Waals surface area contributed by atoms with E-state index in [-0.39, 0.29) is 12.5 Å². The average molecular weight is 180 g/mol. The number of nitrogens with zero attached hydrogens (tertiary/aromatic N) is 2. The maximum Gasteiger partial charge on any atom is 0.255 e. The zero-order valence-corrected chi connectivity index (χ0v) is 7.22. The quantitative estimate of drug-likeness (QED) is 0.279. The SMILES string of the molecule is CCN=C(NN)N(C)CC(F)F. The van der Waals surface area contributed by atoms with E-state index < -0.39 is 6.43 Å². The maximum atomic E-state index is 11.9. The summed E-state index contributed by atoms with van der Waals surface area (Å²) < 4.78 is 23.7. The molecule has 0 saturated heterocycles. The Morgan fingerprint density at radius 1 is 1.67 bits per heavy atom. The number of rotatable bonds is 3. The Hall–Kier alpha value is -0.910. The number of nitrogens with one attached hydrogen (secondary N) is 1. The molecule has 72 valence electrons. The highest BCUT2D eigenvalue weighted by Gasteiger charge is 2.10. The van der Waals surface area contributed by atoms with E-state index in [4.69, 9.17) is 5.84 Å². The lowest BCUT2D eigenvalue weighted by molar-refractivity contribution is 0.122. The van der Waals surface area contributed by atoms with Crippen molar-refractivity contribution >= 4 is 5.96 Å². The van der Waals surface area contributed by atoms with E-state index in [1.54, 1.807) is 6.92 Å². The molecule has 0 aliphatic heterocycles. The van der Waals surface area contributed by atoms with Crippen LogP contribution in [0.1, 0.15) is 6.92 Å². The van der Waals surface area contributed by atoms with Crippen LogP contribution in [0.15, 0.2) is 4.99 Å². The second kappa shape index (κ2) is 5.70. The summed E-state index contributed by atoms with van der Waals surface area (Å²) in [6, 6.07) is 0. The molecule has 0 bridgehead atoms. The van der Waals surface area contributed by atoms with Crippen molar-refractivity contribution in [3.05, 3.63) is 0 Å². The fraction of sp³-hybridized carbons (Fsp3) is 0.833. The van der Waals surface area contributed by atoms with Crippen molar-refractivity contribution in [1.82, 2.24) is 10.3 Å². The van der Waals surface area contributed by atoms with Crippen molar-refractivity contribution in [1.29, 1.82) is 0 Å². The second-order valence-corrected chi connectivity index (χ2v) is 2.21. The predicted molar refractivity (Wildman–Crippen MR) is 43.9 cm³/mol. The summed E-state index contributed by atoms with van der Waals surface area (Å²) in [6.07, 6.45) is -2.38. The van der Waals surface area contributed by atoms with Crippen molar-refractivity contribution in [2.45, 2.75) is 13.3 Å². The van der Waals surface area contributed by atoms with Crippen molar-refractivity contribution < 1.29 is 8.78 Å². The zero-order valence-electron chi connectivity index (χ0n) is 7.22. The number of halogens is 2. The molecule has 0 heterocycles. The van der Waals surface area contributed by atoms with Crippen molar-refractivity contribution in [2.24, 2.45) is 10.8 Å². The molecule has 0 aliphatic carbocycles. The summed E-state index contributed by atoms with van der Waals surface area (Å²) in [7, 11) is 1.50. The van der Waals surface area contributed by atoms with Crippen LogP contribution < -0.4 is 11.3 Å². The first-order valence-corrected chi connectivity index (χ1v) is 3.62. The Morgan fingerprint density at radius 3 is 2.58 bits per heavy atom. The van der Waals surface area contributed by atoms with Gasteiger partial charge >= 0.3 is 0 Å². The molecule has 0 saturated carbocycles. The van der Waals surface area contributed by atoms with Crippen molar-refractivity contribution in [3.63, 3.8) is 0 Å². The standard InChI is InChI=1S/C6H14F2N4/c1-3-10-6(11-9)12(2)4-5(7)8/h5H,3-4,9H2,1-2H3,(H,10,11). The highest BCUT2D eigenvalue weighted by molar-refractivity contribution is 5.79. The molecule has 0 aromatic rings. The van der Waals surface area contributed by atoms with E-state index in [2.05, 4.69) is 10.4 Å². The van der Waals surface area contributed by atoms with Gasteiger partial charge in [-0.2, -0.15) is 0 Å². The fourth-order valence-corrected chi connectivity index (χ4v) is 0.720. The first-order valence-electron chi connectivity index (χ1n) is 3.62. The van der Waals surface area contributed by atoms with Gasteiger partial charge in [-0.1, -0.05) is 0 Å². The molecule has 12 heavy (non-hydrogen) atoms. The number of alkyl halides is 2. The molecule has 0 radical (unpaired) electrons. The van der Waals surface area contributed by atoms with Gasteiger partial charge in [0.1, 0.15) is 0 Å². The van der Waals surface area contributed by atoms with Crippen LogP contribution in [-0.2, 0) is 0 Å². The van der Waals surface area contributed by atoms with Gasteiger partial charge in [-0.25, -0.2) is 14.6 Å². The summed E-state index contributed by atoms with van der Waals surface area (Å²) >= 11 is 0. The Labute approximate surface area is 70.4 Å². The highest BCUT2D eigenvalue weighted by atomic mass is 19.3. The molecule has 0 spiro atoms. The number of hydrogen-bond donors (Lipinski definition) is 2. The summed E-state index contributed by atoms with van der Waals surface area (Å²) in [6.45, 7) is 1.93. The minimum Gasteiger partial charge on any atom is -0.339 e.